The Kier molecular flexibility index (Phi) is 3.04. The van der Waals surface area contributed by atoms with Crippen molar-refractivity contribution in [3.8, 4) is 0 Å². The number of carbonyl (C=O) groups is 2. The van der Waals surface area contributed by atoms with E-state index in [9.17, 15) is 9.59 Å². The van der Waals surface area contributed by atoms with Gasteiger partial charge in [-0.25, -0.2) is 4.90 Å². The van der Waals surface area contributed by atoms with E-state index >= 15 is 0 Å². The Labute approximate surface area is 115 Å². The molecule has 0 spiro atoms. The highest BCUT2D eigenvalue weighted by Gasteiger charge is 2.36. The van der Waals surface area contributed by atoms with Crippen molar-refractivity contribution in [3.63, 3.8) is 0 Å². The molecular weight excluding hydrogens is 256 g/mol. The number of hydrogen-bond acceptors (Lipinski definition) is 4. The Morgan fingerprint density at radius 2 is 1.70 bits per heavy atom. The second-order valence-corrected chi connectivity index (χ2v) is 4.51. The van der Waals surface area contributed by atoms with Crippen LogP contribution in [0.1, 0.15) is 26.3 Å². The number of carbonyl (C=O) groups excluding carboxylic acids is 2. The fourth-order valence-corrected chi connectivity index (χ4v) is 2.26. The van der Waals surface area contributed by atoms with Gasteiger partial charge in [0.1, 0.15) is 0 Å². The van der Waals surface area contributed by atoms with Gasteiger partial charge >= 0.3 is 0 Å². The predicted octanol–water partition coefficient (Wildman–Crippen LogP) is 1.42. The molecule has 1 aliphatic rings. The van der Waals surface area contributed by atoms with Crippen molar-refractivity contribution in [2.24, 2.45) is 0 Å². The lowest BCUT2D eigenvalue weighted by Gasteiger charge is -2.14. The third-order valence-corrected chi connectivity index (χ3v) is 3.28. The molecular formula is C15H12N2O3. The van der Waals surface area contributed by atoms with E-state index in [1.54, 1.807) is 30.3 Å². The van der Waals surface area contributed by atoms with Crippen LogP contribution in [-0.4, -0.2) is 28.5 Å². The number of imide groups is 1. The molecule has 20 heavy (non-hydrogen) atoms. The van der Waals surface area contributed by atoms with Crippen LogP contribution < -0.4 is 4.90 Å². The lowest BCUT2D eigenvalue weighted by Crippen LogP contribution is -2.29. The van der Waals surface area contributed by atoms with E-state index in [0.29, 0.717) is 23.2 Å². The Morgan fingerprint density at radius 1 is 1.00 bits per heavy atom. The highest BCUT2D eigenvalue weighted by atomic mass is 16.3. The molecule has 1 aromatic carbocycles. The third-order valence-electron chi connectivity index (χ3n) is 3.28. The van der Waals surface area contributed by atoms with Gasteiger partial charge in [0, 0.05) is 19.0 Å². The molecule has 1 aliphatic heterocycles. The summed E-state index contributed by atoms with van der Waals surface area (Å²) in [6, 6.07) is 8.57. The zero-order valence-corrected chi connectivity index (χ0v) is 10.6. The topological polar surface area (TPSA) is 70.5 Å². The van der Waals surface area contributed by atoms with Gasteiger partial charge in [0.2, 0.25) is 0 Å². The van der Waals surface area contributed by atoms with Crippen molar-refractivity contribution in [2.75, 3.05) is 11.5 Å². The second kappa shape index (κ2) is 4.86. The number of pyridine rings is 1. The lowest BCUT2D eigenvalue weighted by molar-refractivity contribution is 0.0926. The molecule has 0 aliphatic carbocycles. The maximum Gasteiger partial charge on any atom is 0.267 e. The Hall–Kier alpha value is -2.53. The summed E-state index contributed by atoms with van der Waals surface area (Å²) in [6.07, 6.45) is 3.46. The molecule has 3 rings (SSSR count). The Balaban J connectivity index is 1.96. The van der Waals surface area contributed by atoms with Gasteiger partial charge in [0.25, 0.3) is 11.8 Å². The highest BCUT2D eigenvalue weighted by molar-refractivity contribution is 6.34. The molecule has 0 radical (unpaired) electrons. The van der Waals surface area contributed by atoms with Crippen LogP contribution in [0.4, 0.5) is 5.69 Å². The monoisotopic (exact) mass is 268 g/mol. The van der Waals surface area contributed by atoms with Crippen molar-refractivity contribution >= 4 is 17.5 Å². The number of amides is 2. The fourth-order valence-electron chi connectivity index (χ4n) is 2.26. The molecule has 0 unspecified atom stereocenters. The number of benzene rings is 1. The minimum absolute atomic E-state index is 0.0675. The molecule has 1 aromatic heterocycles. The zero-order chi connectivity index (χ0) is 14.1. The number of aliphatic hydroxyl groups excluding tert-OH is 1. The molecule has 0 atom stereocenters. The normalized spacial score (nSPS) is 13.8. The van der Waals surface area contributed by atoms with Crippen LogP contribution in [0.25, 0.3) is 0 Å². The quantitative estimate of drug-likeness (QED) is 0.855. The van der Waals surface area contributed by atoms with E-state index in [4.69, 9.17) is 5.11 Å². The summed E-state index contributed by atoms with van der Waals surface area (Å²) in [5, 5.41) is 8.88. The van der Waals surface area contributed by atoms with Crippen LogP contribution in [0.5, 0.6) is 0 Å². The highest BCUT2D eigenvalue weighted by Crippen LogP contribution is 2.27. The first-order valence-electron chi connectivity index (χ1n) is 6.25. The minimum Gasteiger partial charge on any atom is -0.396 e. The predicted molar refractivity (Wildman–Crippen MR) is 72.6 cm³/mol. The first-order valence-corrected chi connectivity index (χ1v) is 6.25. The van der Waals surface area contributed by atoms with Crippen molar-refractivity contribution < 1.29 is 14.7 Å². The maximum absolute atomic E-state index is 12.3. The zero-order valence-electron chi connectivity index (χ0n) is 10.6. The van der Waals surface area contributed by atoms with Crippen LogP contribution in [0, 0.1) is 0 Å². The minimum atomic E-state index is -0.354. The van der Waals surface area contributed by atoms with Crippen LogP contribution in [0.3, 0.4) is 0 Å². The molecule has 0 saturated heterocycles. The van der Waals surface area contributed by atoms with E-state index in [1.807, 2.05) is 0 Å². The lowest BCUT2D eigenvalue weighted by atomic mass is 10.1. The van der Waals surface area contributed by atoms with E-state index < -0.39 is 0 Å². The fraction of sp³-hybridized carbons (Fsp3) is 0.133. The van der Waals surface area contributed by atoms with Gasteiger partial charge in [-0.2, -0.15) is 0 Å². The smallest absolute Gasteiger partial charge is 0.267 e. The summed E-state index contributed by atoms with van der Waals surface area (Å²) >= 11 is 0. The molecule has 100 valence electrons. The summed E-state index contributed by atoms with van der Waals surface area (Å²) in [6.45, 7) is 0.0675. The molecule has 2 amide bonds. The van der Waals surface area contributed by atoms with Gasteiger partial charge in [-0.3, -0.25) is 14.6 Å². The van der Waals surface area contributed by atoms with Crippen LogP contribution in [0.15, 0.2) is 42.7 Å². The van der Waals surface area contributed by atoms with Crippen LogP contribution in [-0.2, 0) is 6.42 Å². The number of fused-ring (bicyclic) bond motifs is 1. The van der Waals surface area contributed by atoms with E-state index in [0.717, 1.165) is 10.5 Å². The van der Waals surface area contributed by atoms with Crippen LogP contribution in [0.2, 0.25) is 0 Å². The van der Waals surface area contributed by atoms with Gasteiger partial charge in [0.15, 0.2) is 0 Å². The molecule has 5 heteroatoms. The molecule has 2 aromatic rings. The van der Waals surface area contributed by atoms with Gasteiger partial charge < -0.3 is 5.11 Å². The van der Waals surface area contributed by atoms with Gasteiger partial charge in [0.05, 0.1) is 16.8 Å². The summed E-state index contributed by atoms with van der Waals surface area (Å²) in [4.78, 5) is 29.5. The first-order chi connectivity index (χ1) is 9.72. The summed E-state index contributed by atoms with van der Waals surface area (Å²) in [7, 11) is 0. The average molecular weight is 268 g/mol. The Bertz CT molecular complexity index is 645. The van der Waals surface area contributed by atoms with Crippen LogP contribution >= 0.6 is 0 Å². The SMILES string of the molecule is O=C1c2ccncc2C(=O)N1c1ccc(CCO)cc1. The summed E-state index contributed by atoms with van der Waals surface area (Å²) < 4.78 is 0. The largest absolute Gasteiger partial charge is 0.396 e. The average Bonchev–Trinajstić information content (AvgIpc) is 2.73. The van der Waals surface area contributed by atoms with E-state index in [-0.39, 0.29) is 18.4 Å². The number of aliphatic hydroxyl groups is 1. The maximum atomic E-state index is 12.3. The van der Waals surface area contributed by atoms with Crippen molar-refractivity contribution in [1.29, 1.82) is 0 Å². The van der Waals surface area contributed by atoms with E-state index in [1.165, 1.54) is 12.4 Å². The standard InChI is InChI=1S/C15H12N2O3/c18-8-6-10-1-3-11(4-2-10)17-14(19)12-5-7-16-9-13(12)15(17)20/h1-5,7,9,18H,6,8H2. The van der Waals surface area contributed by atoms with Crippen molar-refractivity contribution in [3.05, 3.63) is 59.4 Å². The van der Waals surface area contributed by atoms with Gasteiger partial charge in [-0.1, -0.05) is 12.1 Å². The van der Waals surface area contributed by atoms with Crippen molar-refractivity contribution in [1.82, 2.24) is 4.98 Å². The van der Waals surface area contributed by atoms with Gasteiger partial charge in [-0.15, -0.1) is 0 Å². The number of rotatable bonds is 3. The number of hydrogen-bond donors (Lipinski definition) is 1. The van der Waals surface area contributed by atoms with E-state index in [2.05, 4.69) is 4.98 Å². The molecule has 1 N–H and O–H groups in total. The van der Waals surface area contributed by atoms with Crippen molar-refractivity contribution in [2.45, 2.75) is 6.42 Å². The Morgan fingerprint density at radius 3 is 2.35 bits per heavy atom. The first kappa shape index (κ1) is 12.5. The number of aromatic nitrogens is 1. The third kappa shape index (κ3) is 1.88. The molecule has 0 saturated carbocycles. The second-order valence-electron chi connectivity index (χ2n) is 4.51. The molecule has 2 heterocycles. The number of anilines is 1. The van der Waals surface area contributed by atoms with Gasteiger partial charge in [-0.05, 0) is 30.2 Å². The molecule has 0 fully saturated rings. The molecule has 0 bridgehead atoms. The molecule has 5 nitrogen and oxygen atoms in total. The summed E-state index contributed by atoms with van der Waals surface area (Å²) in [5.74, 6) is -0.685. The number of nitrogens with zero attached hydrogens (tertiary/aromatic N) is 2. The summed E-state index contributed by atoms with van der Waals surface area (Å²) in [5.41, 5.74) is 2.19.